The number of hydrogen-bond donors (Lipinski definition) is 2. The molecule has 2 N–H and O–H groups in total. The second-order valence-corrected chi connectivity index (χ2v) is 11.4. The van der Waals surface area contributed by atoms with Crippen molar-refractivity contribution in [2.75, 3.05) is 38.1 Å². The van der Waals surface area contributed by atoms with Gasteiger partial charge >= 0.3 is 0 Å². The Kier molecular flexibility index (Phi) is 9.34. The maximum absolute atomic E-state index is 13.2. The minimum absolute atomic E-state index is 0.0619. The van der Waals surface area contributed by atoms with E-state index in [1.165, 1.54) is 64.3 Å². The van der Waals surface area contributed by atoms with Gasteiger partial charge < -0.3 is 25.1 Å². The van der Waals surface area contributed by atoms with Crippen molar-refractivity contribution in [2.45, 2.75) is 57.4 Å². The molecule has 0 saturated carbocycles. The molecule has 218 valence electrons. The summed E-state index contributed by atoms with van der Waals surface area (Å²) in [6.07, 6.45) is 8.64. The number of aldehydes is 1. The van der Waals surface area contributed by atoms with Crippen LogP contribution in [0.2, 0.25) is 0 Å². The van der Waals surface area contributed by atoms with Gasteiger partial charge in [0.2, 0.25) is 5.91 Å². The molecule has 3 amide bonds. The fourth-order valence-electron chi connectivity index (χ4n) is 6.34. The molecule has 41 heavy (non-hydrogen) atoms. The molecule has 2 aromatic carbocycles. The summed E-state index contributed by atoms with van der Waals surface area (Å²) in [5.41, 5.74) is 1.58. The maximum atomic E-state index is 13.2. The van der Waals surface area contributed by atoms with E-state index in [2.05, 4.69) is 27.7 Å². The summed E-state index contributed by atoms with van der Waals surface area (Å²) >= 11 is 0. The number of likely N-dealkylation sites (N-methyl/N-ethyl adjacent to an activating group) is 1. The van der Waals surface area contributed by atoms with Gasteiger partial charge in [-0.3, -0.25) is 19.3 Å². The van der Waals surface area contributed by atoms with Crippen LogP contribution in [-0.2, 0) is 9.59 Å². The van der Waals surface area contributed by atoms with Crippen molar-refractivity contribution in [1.29, 1.82) is 0 Å². The SMILES string of the molecule is CNC(=O)C(CCC=O)N1C(=O)c2ccc(Oc3ccc(N4CCC(CCC5CCNCC5)CC4)cc3)cc2C1=O. The lowest BCUT2D eigenvalue weighted by atomic mass is 9.85. The number of imide groups is 1. The second-order valence-electron chi connectivity index (χ2n) is 11.4. The van der Waals surface area contributed by atoms with Gasteiger partial charge in [0, 0.05) is 32.2 Å². The highest BCUT2D eigenvalue weighted by molar-refractivity contribution is 6.23. The first kappa shape index (κ1) is 28.8. The lowest BCUT2D eigenvalue weighted by molar-refractivity contribution is -0.124. The normalized spacial score (nSPS) is 18.8. The molecule has 1 unspecified atom stereocenters. The topological polar surface area (TPSA) is 108 Å². The highest BCUT2D eigenvalue weighted by Crippen LogP contribution is 2.33. The fraction of sp³-hybridized carbons (Fsp3) is 0.500. The lowest BCUT2D eigenvalue weighted by Gasteiger charge is -2.34. The van der Waals surface area contributed by atoms with E-state index in [4.69, 9.17) is 4.74 Å². The Morgan fingerprint density at radius 2 is 1.59 bits per heavy atom. The van der Waals surface area contributed by atoms with Crippen LogP contribution in [0.4, 0.5) is 5.69 Å². The van der Waals surface area contributed by atoms with Crippen LogP contribution in [0.15, 0.2) is 42.5 Å². The molecule has 3 aliphatic heterocycles. The smallest absolute Gasteiger partial charge is 0.262 e. The number of piperidine rings is 2. The molecule has 1 atom stereocenters. The van der Waals surface area contributed by atoms with Crippen molar-refractivity contribution < 1.29 is 23.9 Å². The van der Waals surface area contributed by atoms with Gasteiger partial charge in [-0.15, -0.1) is 0 Å². The number of carbonyl (C=O) groups is 4. The summed E-state index contributed by atoms with van der Waals surface area (Å²) in [4.78, 5) is 52.9. The molecule has 3 heterocycles. The summed E-state index contributed by atoms with van der Waals surface area (Å²) in [5.74, 6) is 1.19. The van der Waals surface area contributed by atoms with Gasteiger partial charge in [0.1, 0.15) is 23.8 Å². The molecule has 9 nitrogen and oxygen atoms in total. The first-order chi connectivity index (χ1) is 20.0. The van der Waals surface area contributed by atoms with Crippen molar-refractivity contribution in [3.05, 3.63) is 53.6 Å². The first-order valence-electron chi connectivity index (χ1n) is 14.9. The van der Waals surface area contributed by atoms with Crippen molar-refractivity contribution in [1.82, 2.24) is 15.5 Å². The van der Waals surface area contributed by atoms with E-state index in [0.29, 0.717) is 17.8 Å². The summed E-state index contributed by atoms with van der Waals surface area (Å²) in [5, 5.41) is 5.94. The van der Waals surface area contributed by atoms with Gasteiger partial charge in [0.15, 0.2) is 0 Å². The van der Waals surface area contributed by atoms with Crippen molar-refractivity contribution >= 4 is 29.7 Å². The predicted molar refractivity (Wildman–Crippen MR) is 156 cm³/mol. The van der Waals surface area contributed by atoms with Crippen molar-refractivity contribution in [3.63, 3.8) is 0 Å². The number of rotatable bonds is 11. The van der Waals surface area contributed by atoms with Gasteiger partial charge in [0.05, 0.1) is 11.1 Å². The Morgan fingerprint density at radius 3 is 2.24 bits per heavy atom. The van der Waals surface area contributed by atoms with E-state index in [1.807, 2.05) is 12.1 Å². The Bertz CT molecular complexity index is 1250. The third kappa shape index (κ3) is 6.62. The average molecular weight is 561 g/mol. The number of carbonyl (C=O) groups excluding carboxylic acids is 4. The number of anilines is 1. The molecular weight excluding hydrogens is 520 g/mol. The van der Waals surface area contributed by atoms with E-state index >= 15 is 0 Å². The molecule has 5 rings (SSSR count). The number of fused-ring (bicyclic) bond motifs is 1. The van der Waals surface area contributed by atoms with E-state index in [0.717, 1.165) is 29.8 Å². The molecule has 0 aliphatic carbocycles. The Balaban J connectivity index is 1.17. The molecule has 9 heteroatoms. The van der Waals surface area contributed by atoms with E-state index < -0.39 is 23.8 Å². The lowest BCUT2D eigenvalue weighted by Crippen LogP contribution is -2.48. The zero-order chi connectivity index (χ0) is 28.8. The van der Waals surface area contributed by atoms with Crippen molar-refractivity contribution in [3.8, 4) is 11.5 Å². The number of hydrogen-bond acceptors (Lipinski definition) is 7. The zero-order valence-corrected chi connectivity index (χ0v) is 23.8. The van der Waals surface area contributed by atoms with Crippen LogP contribution in [0.5, 0.6) is 11.5 Å². The monoisotopic (exact) mass is 560 g/mol. The quantitative estimate of drug-likeness (QED) is 0.314. The van der Waals surface area contributed by atoms with Gasteiger partial charge in [-0.1, -0.05) is 12.8 Å². The zero-order valence-electron chi connectivity index (χ0n) is 23.8. The highest BCUT2D eigenvalue weighted by atomic mass is 16.5. The first-order valence-corrected chi connectivity index (χ1v) is 14.9. The van der Waals surface area contributed by atoms with E-state index in [9.17, 15) is 19.2 Å². The fourth-order valence-corrected chi connectivity index (χ4v) is 6.34. The third-order valence-electron chi connectivity index (χ3n) is 8.80. The predicted octanol–water partition coefficient (Wildman–Crippen LogP) is 4.16. The molecule has 2 fully saturated rings. The van der Waals surface area contributed by atoms with Gasteiger partial charge in [-0.05, 0) is 99.5 Å². The van der Waals surface area contributed by atoms with Crippen LogP contribution in [0.1, 0.15) is 72.1 Å². The number of benzene rings is 2. The second kappa shape index (κ2) is 13.3. The highest BCUT2D eigenvalue weighted by Gasteiger charge is 2.42. The number of nitrogens with zero attached hydrogens (tertiary/aromatic N) is 2. The van der Waals surface area contributed by atoms with E-state index in [-0.39, 0.29) is 24.0 Å². The largest absolute Gasteiger partial charge is 0.457 e. The molecule has 2 saturated heterocycles. The molecular formula is C32H40N4O5. The van der Waals surface area contributed by atoms with Crippen LogP contribution >= 0.6 is 0 Å². The van der Waals surface area contributed by atoms with Crippen LogP contribution < -0.4 is 20.3 Å². The van der Waals surface area contributed by atoms with E-state index in [1.54, 1.807) is 18.2 Å². The van der Waals surface area contributed by atoms with Gasteiger partial charge in [-0.2, -0.15) is 0 Å². The average Bonchev–Trinajstić information content (AvgIpc) is 3.26. The van der Waals surface area contributed by atoms with Crippen LogP contribution in [0, 0.1) is 11.8 Å². The Hall–Kier alpha value is -3.72. The molecule has 0 spiro atoms. The minimum Gasteiger partial charge on any atom is -0.457 e. The summed E-state index contributed by atoms with van der Waals surface area (Å²) in [6.45, 7) is 4.49. The maximum Gasteiger partial charge on any atom is 0.262 e. The Labute approximate surface area is 241 Å². The van der Waals surface area contributed by atoms with Crippen molar-refractivity contribution in [2.24, 2.45) is 11.8 Å². The molecule has 2 aromatic rings. The number of ether oxygens (including phenoxy) is 1. The summed E-state index contributed by atoms with van der Waals surface area (Å²) < 4.78 is 6.03. The number of amides is 3. The molecule has 3 aliphatic rings. The van der Waals surface area contributed by atoms with Gasteiger partial charge in [-0.25, -0.2) is 0 Å². The summed E-state index contributed by atoms with van der Waals surface area (Å²) in [7, 11) is 1.44. The standard InChI is InChI=1S/C32H40N4O5/c1-33-30(38)29(3-2-20-37)36-31(39)27-11-10-26(21-28(27)32(36)40)41-25-8-6-24(7-9-25)35-18-14-23(15-19-35)5-4-22-12-16-34-17-13-22/h6-11,20-23,29,34H,2-5,12-19H2,1H3,(H,33,38). The third-order valence-corrected chi connectivity index (χ3v) is 8.80. The van der Waals surface area contributed by atoms with Crippen LogP contribution in [0.25, 0.3) is 0 Å². The molecule has 0 aromatic heterocycles. The number of nitrogens with one attached hydrogen (secondary N) is 2. The van der Waals surface area contributed by atoms with Crippen LogP contribution in [-0.4, -0.2) is 68.2 Å². The molecule has 0 bridgehead atoms. The minimum atomic E-state index is -1.05. The Morgan fingerprint density at radius 1 is 0.951 bits per heavy atom. The van der Waals surface area contributed by atoms with Crippen LogP contribution in [0.3, 0.4) is 0 Å². The summed E-state index contributed by atoms with van der Waals surface area (Å²) in [6, 6.07) is 11.7. The van der Waals surface area contributed by atoms with Gasteiger partial charge in [0.25, 0.3) is 11.8 Å². The molecule has 0 radical (unpaired) electrons.